The number of hydrogen-bond donors (Lipinski definition) is 1. The van der Waals surface area contributed by atoms with E-state index in [1.165, 1.54) is 12.1 Å². The number of ether oxygens (including phenoxy) is 1. The van der Waals surface area contributed by atoms with Gasteiger partial charge in [-0.15, -0.1) is 0 Å². The lowest BCUT2D eigenvalue weighted by Crippen LogP contribution is -2.35. The Labute approximate surface area is 105 Å². The van der Waals surface area contributed by atoms with Crippen LogP contribution < -0.4 is 5.48 Å². The van der Waals surface area contributed by atoms with Crippen LogP contribution in [0.25, 0.3) is 0 Å². The number of amides is 1. The van der Waals surface area contributed by atoms with Crippen LogP contribution in [0, 0.1) is 5.82 Å². The molecule has 4 nitrogen and oxygen atoms in total. The molecule has 0 heterocycles. The first-order valence-corrected chi connectivity index (χ1v) is 5.86. The van der Waals surface area contributed by atoms with Gasteiger partial charge in [-0.05, 0) is 30.5 Å². The summed E-state index contributed by atoms with van der Waals surface area (Å²) in [7, 11) is 1.56. The van der Waals surface area contributed by atoms with Crippen LogP contribution >= 0.6 is 0 Å². The summed E-state index contributed by atoms with van der Waals surface area (Å²) < 4.78 is 17.6. The van der Waals surface area contributed by atoms with Crippen molar-refractivity contribution >= 4 is 5.91 Å². The first kappa shape index (κ1) is 13.0. The molecule has 1 aromatic carbocycles. The fourth-order valence-electron chi connectivity index (χ4n) is 1.88. The Bertz CT molecular complexity index is 415. The summed E-state index contributed by atoms with van der Waals surface area (Å²) in [6.07, 6.45) is 1.52. The van der Waals surface area contributed by atoms with Crippen LogP contribution in [-0.2, 0) is 19.8 Å². The zero-order valence-electron chi connectivity index (χ0n) is 10.2. The molecule has 0 unspecified atom stereocenters. The summed E-state index contributed by atoms with van der Waals surface area (Å²) in [5.74, 6) is -0.475. The number of benzene rings is 1. The van der Waals surface area contributed by atoms with E-state index in [-0.39, 0.29) is 11.7 Å². The summed E-state index contributed by atoms with van der Waals surface area (Å²) in [5.41, 5.74) is 2.71. The minimum absolute atomic E-state index is 0.176. The van der Waals surface area contributed by atoms with Crippen LogP contribution in [0.2, 0.25) is 0 Å². The number of carbonyl (C=O) groups excluding carboxylic acids is 1. The number of hydrogen-bond acceptors (Lipinski definition) is 3. The van der Waals surface area contributed by atoms with Crippen LogP contribution in [0.3, 0.4) is 0 Å². The van der Waals surface area contributed by atoms with Crippen molar-refractivity contribution in [3.8, 4) is 0 Å². The average Bonchev–Trinajstić information content (AvgIpc) is 3.17. The van der Waals surface area contributed by atoms with Crippen molar-refractivity contribution in [2.24, 2.45) is 0 Å². The molecule has 5 heteroatoms. The maximum atomic E-state index is 12.8. The van der Waals surface area contributed by atoms with Crippen molar-refractivity contribution in [2.45, 2.75) is 18.3 Å². The molecule has 98 valence electrons. The third-order valence-corrected chi connectivity index (χ3v) is 3.14. The van der Waals surface area contributed by atoms with E-state index in [1.54, 1.807) is 19.2 Å². The first-order valence-electron chi connectivity index (χ1n) is 5.86. The van der Waals surface area contributed by atoms with Crippen molar-refractivity contribution in [3.05, 3.63) is 35.6 Å². The van der Waals surface area contributed by atoms with E-state index in [0.717, 1.165) is 18.4 Å². The van der Waals surface area contributed by atoms with Gasteiger partial charge in [0.2, 0.25) is 0 Å². The largest absolute Gasteiger partial charge is 0.382 e. The van der Waals surface area contributed by atoms with Gasteiger partial charge in [-0.25, -0.2) is 9.87 Å². The number of halogens is 1. The third-order valence-electron chi connectivity index (χ3n) is 3.14. The molecule has 0 saturated heterocycles. The first-order chi connectivity index (χ1) is 8.69. The highest BCUT2D eigenvalue weighted by molar-refractivity contribution is 5.90. The molecule has 18 heavy (non-hydrogen) atoms. The fraction of sp³-hybridized carbons (Fsp3) is 0.462. The van der Waals surface area contributed by atoms with E-state index >= 15 is 0 Å². The number of nitrogens with one attached hydrogen (secondary N) is 1. The highest BCUT2D eigenvalue weighted by Crippen LogP contribution is 2.48. The van der Waals surface area contributed by atoms with Crippen molar-refractivity contribution < 1.29 is 18.8 Å². The molecular formula is C13H16FNO3. The van der Waals surface area contributed by atoms with Gasteiger partial charge in [0.25, 0.3) is 5.91 Å². The van der Waals surface area contributed by atoms with E-state index in [2.05, 4.69) is 5.48 Å². The lowest BCUT2D eigenvalue weighted by molar-refractivity contribution is -0.137. The third kappa shape index (κ3) is 2.68. The average molecular weight is 253 g/mol. The number of hydroxylamine groups is 1. The molecule has 1 amide bonds. The molecule has 1 saturated carbocycles. The Morgan fingerprint density at radius 1 is 1.33 bits per heavy atom. The molecule has 1 fully saturated rings. The molecule has 0 atom stereocenters. The molecule has 1 aliphatic carbocycles. The molecule has 0 aliphatic heterocycles. The van der Waals surface area contributed by atoms with Gasteiger partial charge in [-0.1, -0.05) is 12.1 Å². The number of carbonyl (C=O) groups is 1. The van der Waals surface area contributed by atoms with Gasteiger partial charge < -0.3 is 4.74 Å². The van der Waals surface area contributed by atoms with E-state index in [9.17, 15) is 9.18 Å². The predicted octanol–water partition coefficient (Wildman–Crippen LogP) is 1.55. The van der Waals surface area contributed by atoms with Crippen LogP contribution in [0.5, 0.6) is 0 Å². The van der Waals surface area contributed by atoms with E-state index in [1.807, 2.05) is 0 Å². The molecule has 0 radical (unpaired) electrons. The minimum Gasteiger partial charge on any atom is -0.382 e. The second-order valence-corrected chi connectivity index (χ2v) is 4.36. The summed E-state index contributed by atoms with van der Waals surface area (Å²) in [5, 5.41) is 0. The summed E-state index contributed by atoms with van der Waals surface area (Å²) in [4.78, 5) is 17.0. The van der Waals surface area contributed by atoms with E-state index in [0.29, 0.717) is 13.2 Å². The monoisotopic (exact) mass is 253 g/mol. The zero-order valence-corrected chi connectivity index (χ0v) is 10.2. The molecule has 0 spiro atoms. The fourth-order valence-corrected chi connectivity index (χ4v) is 1.88. The molecule has 1 aliphatic rings. The smallest absolute Gasteiger partial charge is 0.254 e. The molecule has 0 aromatic heterocycles. The molecular weight excluding hydrogens is 237 g/mol. The Morgan fingerprint density at radius 3 is 2.56 bits per heavy atom. The van der Waals surface area contributed by atoms with Crippen LogP contribution in [0.15, 0.2) is 24.3 Å². The molecule has 0 bridgehead atoms. The summed E-state index contributed by atoms with van der Waals surface area (Å²) in [6, 6.07) is 6.04. The maximum absolute atomic E-state index is 12.8. The normalized spacial score (nSPS) is 16.3. The zero-order chi connectivity index (χ0) is 13.0. The molecule has 1 aromatic rings. The van der Waals surface area contributed by atoms with Crippen molar-refractivity contribution in [3.63, 3.8) is 0 Å². The van der Waals surface area contributed by atoms with Crippen molar-refractivity contribution in [2.75, 3.05) is 20.3 Å². The van der Waals surface area contributed by atoms with Crippen LogP contribution in [0.4, 0.5) is 4.39 Å². The summed E-state index contributed by atoms with van der Waals surface area (Å²) >= 11 is 0. The number of methoxy groups -OCH3 is 1. The SMILES string of the molecule is COCCONC(=O)C1(c2ccc(F)cc2)CC1. The Hall–Kier alpha value is -1.46. The topological polar surface area (TPSA) is 47.6 Å². The predicted molar refractivity (Wildman–Crippen MR) is 63.3 cm³/mol. The Kier molecular flexibility index (Phi) is 3.93. The minimum atomic E-state index is -0.541. The molecule has 1 N–H and O–H groups in total. The van der Waals surface area contributed by atoms with Gasteiger partial charge in [-0.3, -0.25) is 9.63 Å². The van der Waals surface area contributed by atoms with Gasteiger partial charge in [0.15, 0.2) is 0 Å². The second-order valence-electron chi connectivity index (χ2n) is 4.36. The maximum Gasteiger partial charge on any atom is 0.254 e. The standard InChI is InChI=1S/C13H16FNO3/c1-17-8-9-18-15-12(16)13(6-7-13)10-2-4-11(14)5-3-10/h2-5H,6-9H2,1H3,(H,15,16). The number of rotatable bonds is 6. The van der Waals surface area contributed by atoms with Crippen molar-refractivity contribution in [1.82, 2.24) is 5.48 Å². The van der Waals surface area contributed by atoms with Crippen molar-refractivity contribution in [1.29, 1.82) is 0 Å². The molecule has 2 rings (SSSR count). The van der Waals surface area contributed by atoms with Gasteiger partial charge in [0.05, 0.1) is 18.6 Å². The lowest BCUT2D eigenvalue weighted by Gasteiger charge is -2.15. The quantitative estimate of drug-likeness (QED) is 0.618. The van der Waals surface area contributed by atoms with Gasteiger partial charge in [-0.2, -0.15) is 0 Å². The van der Waals surface area contributed by atoms with Gasteiger partial charge >= 0.3 is 0 Å². The highest BCUT2D eigenvalue weighted by Gasteiger charge is 2.51. The van der Waals surface area contributed by atoms with Crippen LogP contribution in [0.1, 0.15) is 18.4 Å². The van der Waals surface area contributed by atoms with E-state index < -0.39 is 5.41 Å². The summed E-state index contributed by atoms with van der Waals surface area (Å²) in [6.45, 7) is 0.728. The second kappa shape index (κ2) is 5.46. The van der Waals surface area contributed by atoms with Gasteiger partial charge in [0, 0.05) is 7.11 Å². The lowest BCUT2D eigenvalue weighted by atomic mass is 9.95. The highest BCUT2D eigenvalue weighted by atomic mass is 19.1. The Morgan fingerprint density at radius 2 is 2.00 bits per heavy atom. The Balaban J connectivity index is 1.94. The van der Waals surface area contributed by atoms with Gasteiger partial charge in [0.1, 0.15) is 5.82 Å². The van der Waals surface area contributed by atoms with Crippen LogP contribution in [-0.4, -0.2) is 26.2 Å². The van der Waals surface area contributed by atoms with E-state index in [4.69, 9.17) is 9.57 Å².